The quantitative estimate of drug-likeness (QED) is 0.790. The molecular weight excluding hydrogens is 206 g/mol. The van der Waals surface area contributed by atoms with E-state index in [9.17, 15) is 4.79 Å². The summed E-state index contributed by atoms with van der Waals surface area (Å²) in [5.74, 6) is 0.476. The molecule has 0 fully saturated rings. The van der Waals surface area contributed by atoms with Crippen LogP contribution < -0.4 is 11.3 Å². The van der Waals surface area contributed by atoms with Gasteiger partial charge in [0.25, 0.3) is 5.56 Å². The van der Waals surface area contributed by atoms with Crippen molar-refractivity contribution in [3.8, 4) is 0 Å². The van der Waals surface area contributed by atoms with Crippen LogP contribution in [0, 0.1) is 6.92 Å². The molecule has 0 bridgehead atoms. The number of aromatic nitrogens is 4. The predicted molar refractivity (Wildman–Crippen MR) is 59.9 cm³/mol. The third kappa shape index (κ3) is 2.28. The maximum Gasteiger partial charge on any atom is 0.266 e. The van der Waals surface area contributed by atoms with Gasteiger partial charge in [-0.05, 0) is 19.1 Å². The number of anilines is 1. The second-order valence-electron chi connectivity index (χ2n) is 3.54. The third-order valence-corrected chi connectivity index (χ3v) is 2.20. The number of nitrogens with two attached hydrogens (primary N) is 1. The average molecular weight is 219 g/mol. The minimum atomic E-state index is -0.106. The molecule has 0 saturated heterocycles. The number of nitrogen functional groups attached to an aromatic ring is 1. The summed E-state index contributed by atoms with van der Waals surface area (Å²) in [6, 6.07) is 4.93. The lowest BCUT2D eigenvalue weighted by atomic mass is 10.4. The maximum atomic E-state index is 11.4. The molecule has 0 unspecified atom stereocenters. The smallest absolute Gasteiger partial charge is 0.266 e. The van der Waals surface area contributed by atoms with Gasteiger partial charge in [-0.1, -0.05) is 0 Å². The Morgan fingerprint density at radius 1 is 1.25 bits per heavy atom. The topological polar surface area (TPSA) is 78.7 Å². The lowest BCUT2D eigenvalue weighted by molar-refractivity contribution is 0.480. The molecule has 0 amide bonds. The van der Waals surface area contributed by atoms with Crippen LogP contribution >= 0.6 is 0 Å². The van der Waals surface area contributed by atoms with Crippen molar-refractivity contribution in [1.29, 1.82) is 0 Å². The first kappa shape index (κ1) is 10.4. The molecule has 0 aliphatic heterocycles. The monoisotopic (exact) mass is 219 g/mol. The Bertz CT molecular complexity index is 542. The van der Waals surface area contributed by atoms with E-state index in [4.69, 9.17) is 5.73 Å². The van der Waals surface area contributed by atoms with Crippen LogP contribution in [0.1, 0.15) is 5.69 Å². The second kappa shape index (κ2) is 4.18. The molecule has 2 aromatic heterocycles. The van der Waals surface area contributed by atoms with Crippen molar-refractivity contribution in [1.82, 2.24) is 19.6 Å². The van der Waals surface area contributed by atoms with E-state index in [1.807, 2.05) is 6.92 Å². The van der Waals surface area contributed by atoms with Crippen LogP contribution in [0.5, 0.6) is 0 Å². The van der Waals surface area contributed by atoms with Crippen LogP contribution in [0.3, 0.4) is 0 Å². The van der Waals surface area contributed by atoms with Crippen molar-refractivity contribution in [2.45, 2.75) is 20.0 Å². The van der Waals surface area contributed by atoms with E-state index in [1.54, 1.807) is 23.0 Å². The fourth-order valence-corrected chi connectivity index (χ4v) is 1.41. The molecule has 2 heterocycles. The van der Waals surface area contributed by atoms with Gasteiger partial charge in [0, 0.05) is 12.3 Å². The summed E-state index contributed by atoms with van der Waals surface area (Å²) < 4.78 is 3.11. The Balaban J connectivity index is 2.10. The highest BCUT2D eigenvalue weighted by Crippen LogP contribution is 1.96. The Kier molecular flexibility index (Phi) is 2.72. The Labute approximate surface area is 92.3 Å². The molecule has 0 spiro atoms. The molecule has 0 aliphatic carbocycles. The molecule has 2 N–H and O–H groups in total. The zero-order valence-electron chi connectivity index (χ0n) is 9.00. The molecule has 2 aromatic rings. The normalized spacial score (nSPS) is 10.6. The Hall–Kier alpha value is -2.11. The molecule has 0 saturated carbocycles. The molecular formula is C10H13N5O. The standard InChI is InChI=1S/C10H13N5O/c1-8-2-3-10(16)15(12-8)7-6-14-5-4-9(11)13-14/h2-5H,6-7H2,1H3,(H2,11,13). The highest BCUT2D eigenvalue weighted by molar-refractivity contribution is 5.23. The summed E-state index contributed by atoms with van der Waals surface area (Å²) in [7, 11) is 0. The van der Waals surface area contributed by atoms with Crippen molar-refractivity contribution < 1.29 is 0 Å². The highest BCUT2D eigenvalue weighted by atomic mass is 16.1. The third-order valence-electron chi connectivity index (χ3n) is 2.20. The Morgan fingerprint density at radius 2 is 2.06 bits per heavy atom. The molecule has 0 atom stereocenters. The summed E-state index contributed by atoms with van der Waals surface area (Å²) in [6.45, 7) is 2.91. The molecule has 0 radical (unpaired) electrons. The van der Waals surface area contributed by atoms with Crippen molar-refractivity contribution >= 4 is 5.82 Å². The van der Waals surface area contributed by atoms with Crippen molar-refractivity contribution in [3.63, 3.8) is 0 Å². The van der Waals surface area contributed by atoms with Gasteiger partial charge in [0.15, 0.2) is 0 Å². The lowest BCUT2D eigenvalue weighted by Gasteiger charge is -2.04. The fourth-order valence-electron chi connectivity index (χ4n) is 1.41. The van der Waals surface area contributed by atoms with Gasteiger partial charge < -0.3 is 5.73 Å². The number of aryl methyl sites for hydroxylation is 3. The van der Waals surface area contributed by atoms with Crippen molar-refractivity contribution in [3.05, 3.63) is 40.4 Å². The van der Waals surface area contributed by atoms with E-state index >= 15 is 0 Å². The molecule has 0 aromatic carbocycles. The number of rotatable bonds is 3. The largest absolute Gasteiger partial charge is 0.382 e. The van der Waals surface area contributed by atoms with Crippen LogP contribution in [0.4, 0.5) is 5.82 Å². The van der Waals surface area contributed by atoms with Gasteiger partial charge in [0.05, 0.1) is 18.8 Å². The summed E-state index contributed by atoms with van der Waals surface area (Å²) in [5, 5.41) is 8.16. The van der Waals surface area contributed by atoms with Gasteiger partial charge in [-0.25, -0.2) is 4.68 Å². The SMILES string of the molecule is Cc1ccc(=O)n(CCn2ccc(N)n2)n1. The van der Waals surface area contributed by atoms with Crippen LogP contribution in [-0.4, -0.2) is 19.6 Å². The lowest BCUT2D eigenvalue weighted by Crippen LogP contribution is -2.24. The van der Waals surface area contributed by atoms with Gasteiger partial charge in [0.2, 0.25) is 0 Å². The first-order chi connectivity index (χ1) is 7.65. The zero-order chi connectivity index (χ0) is 11.5. The number of hydrogen-bond donors (Lipinski definition) is 1. The molecule has 0 aliphatic rings. The average Bonchev–Trinajstić information content (AvgIpc) is 2.66. The molecule has 6 nitrogen and oxygen atoms in total. The summed E-state index contributed by atoms with van der Waals surface area (Å²) in [4.78, 5) is 11.4. The highest BCUT2D eigenvalue weighted by Gasteiger charge is 1.99. The van der Waals surface area contributed by atoms with E-state index in [0.717, 1.165) is 5.69 Å². The van der Waals surface area contributed by atoms with Crippen LogP contribution in [0.25, 0.3) is 0 Å². The van der Waals surface area contributed by atoms with Crippen LogP contribution in [-0.2, 0) is 13.1 Å². The van der Waals surface area contributed by atoms with E-state index in [-0.39, 0.29) is 5.56 Å². The van der Waals surface area contributed by atoms with Gasteiger partial charge >= 0.3 is 0 Å². The van der Waals surface area contributed by atoms with Crippen LogP contribution in [0.2, 0.25) is 0 Å². The van der Waals surface area contributed by atoms with Gasteiger partial charge in [-0.15, -0.1) is 0 Å². The van der Waals surface area contributed by atoms with Gasteiger partial charge in [0.1, 0.15) is 5.82 Å². The molecule has 2 rings (SSSR count). The van der Waals surface area contributed by atoms with E-state index in [1.165, 1.54) is 10.7 Å². The predicted octanol–water partition coefficient (Wildman–Crippen LogP) is 0.0306. The second-order valence-corrected chi connectivity index (χ2v) is 3.54. The van der Waals surface area contributed by atoms with Crippen molar-refractivity contribution in [2.75, 3.05) is 5.73 Å². The first-order valence-corrected chi connectivity index (χ1v) is 4.99. The van der Waals surface area contributed by atoms with E-state index in [2.05, 4.69) is 10.2 Å². The first-order valence-electron chi connectivity index (χ1n) is 4.99. The van der Waals surface area contributed by atoms with E-state index < -0.39 is 0 Å². The van der Waals surface area contributed by atoms with Gasteiger partial charge in [-0.2, -0.15) is 10.2 Å². The van der Waals surface area contributed by atoms with E-state index in [0.29, 0.717) is 18.9 Å². The molecule has 84 valence electrons. The summed E-state index contributed by atoms with van der Waals surface area (Å²) in [6.07, 6.45) is 1.77. The van der Waals surface area contributed by atoms with Gasteiger partial charge in [-0.3, -0.25) is 9.48 Å². The zero-order valence-corrected chi connectivity index (χ0v) is 9.00. The number of hydrogen-bond acceptors (Lipinski definition) is 4. The van der Waals surface area contributed by atoms with Crippen LogP contribution in [0.15, 0.2) is 29.2 Å². The minimum absolute atomic E-state index is 0.106. The summed E-state index contributed by atoms with van der Waals surface area (Å²) in [5.41, 5.74) is 6.20. The minimum Gasteiger partial charge on any atom is -0.382 e. The number of nitrogens with zero attached hydrogens (tertiary/aromatic N) is 4. The maximum absolute atomic E-state index is 11.4. The van der Waals surface area contributed by atoms with Crippen molar-refractivity contribution in [2.24, 2.45) is 0 Å². The fraction of sp³-hybridized carbons (Fsp3) is 0.300. The molecule has 6 heteroatoms. The molecule has 16 heavy (non-hydrogen) atoms. The summed E-state index contributed by atoms with van der Waals surface area (Å²) >= 11 is 0. The Morgan fingerprint density at radius 3 is 2.75 bits per heavy atom.